The SMILES string of the molecule is Cc1ccc(Br)cc1-n1nnnc1C1CCCCC1. The van der Waals surface area contributed by atoms with Gasteiger partial charge in [0.1, 0.15) is 0 Å². The summed E-state index contributed by atoms with van der Waals surface area (Å²) in [4.78, 5) is 0. The van der Waals surface area contributed by atoms with Gasteiger partial charge in [-0.1, -0.05) is 41.3 Å². The highest BCUT2D eigenvalue weighted by Gasteiger charge is 2.22. The Morgan fingerprint density at radius 2 is 2.00 bits per heavy atom. The minimum atomic E-state index is 0.502. The summed E-state index contributed by atoms with van der Waals surface area (Å²) >= 11 is 3.52. The lowest BCUT2D eigenvalue weighted by molar-refractivity contribution is 0.422. The van der Waals surface area contributed by atoms with Gasteiger partial charge in [-0.25, -0.2) is 0 Å². The first-order chi connectivity index (χ1) is 9.25. The average molecular weight is 321 g/mol. The van der Waals surface area contributed by atoms with Crippen molar-refractivity contribution in [3.05, 3.63) is 34.1 Å². The second-order valence-electron chi connectivity index (χ2n) is 5.21. The Labute approximate surface area is 121 Å². The van der Waals surface area contributed by atoms with Crippen molar-refractivity contribution in [1.82, 2.24) is 20.2 Å². The van der Waals surface area contributed by atoms with Gasteiger partial charge in [-0.2, -0.15) is 4.68 Å². The molecular formula is C14H17BrN4. The van der Waals surface area contributed by atoms with Crippen LogP contribution < -0.4 is 0 Å². The van der Waals surface area contributed by atoms with Crippen LogP contribution in [0.5, 0.6) is 0 Å². The number of rotatable bonds is 2. The topological polar surface area (TPSA) is 43.6 Å². The van der Waals surface area contributed by atoms with Gasteiger partial charge in [0.2, 0.25) is 0 Å². The molecule has 1 aromatic carbocycles. The van der Waals surface area contributed by atoms with Crippen molar-refractivity contribution in [3.63, 3.8) is 0 Å². The van der Waals surface area contributed by atoms with E-state index in [4.69, 9.17) is 0 Å². The molecule has 0 unspecified atom stereocenters. The van der Waals surface area contributed by atoms with Crippen LogP contribution in [0.2, 0.25) is 0 Å². The first-order valence-electron chi connectivity index (χ1n) is 6.80. The largest absolute Gasteiger partial charge is 0.197 e. The van der Waals surface area contributed by atoms with E-state index in [1.807, 2.05) is 10.7 Å². The van der Waals surface area contributed by atoms with Gasteiger partial charge in [0.15, 0.2) is 5.82 Å². The van der Waals surface area contributed by atoms with Crippen molar-refractivity contribution in [3.8, 4) is 5.69 Å². The van der Waals surface area contributed by atoms with E-state index >= 15 is 0 Å². The predicted octanol–water partition coefficient (Wildman–Crippen LogP) is 3.78. The van der Waals surface area contributed by atoms with Crippen LogP contribution in [0.15, 0.2) is 22.7 Å². The highest BCUT2D eigenvalue weighted by Crippen LogP contribution is 2.32. The van der Waals surface area contributed by atoms with E-state index in [9.17, 15) is 0 Å². The van der Waals surface area contributed by atoms with Gasteiger partial charge in [0.05, 0.1) is 5.69 Å². The molecule has 0 atom stereocenters. The second kappa shape index (κ2) is 5.41. The van der Waals surface area contributed by atoms with Crippen LogP contribution in [0, 0.1) is 6.92 Å². The molecule has 5 heteroatoms. The minimum Gasteiger partial charge on any atom is -0.197 e. The first kappa shape index (κ1) is 12.8. The van der Waals surface area contributed by atoms with E-state index in [-0.39, 0.29) is 0 Å². The summed E-state index contributed by atoms with van der Waals surface area (Å²) < 4.78 is 2.97. The number of aryl methyl sites for hydroxylation is 1. The Bertz CT molecular complexity index is 573. The first-order valence-corrected chi connectivity index (χ1v) is 7.60. The Kier molecular flexibility index (Phi) is 3.64. The zero-order chi connectivity index (χ0) is 13.2. The molecule has 1 heterocycles. The zero-order valence-electron chi connectivity index (χ0n) is 11.0. The number of hydrogen-bond donors (Lipinski definition) is 0. The van der Waals surface area contributed by atoms with Gasteiger partial charge in [-0.05, 0) is 47.9 Å². The standard InChI is InChI=1S/C14H17BrN4/c1-10-7-8-12(15)9-13(10)19-14(16-17-18-19)11-5-3-2-4-6-11/h7-9,11H,2-6H2,1H3. The maximum Gasteiger partial charge on any atom is 0.159 e. The molecule has 1 aromatic heterocycles. The summed E-state index contributed by atoms with van der Waals surface area (Å²) in [7, 11) is 0. The van der Waals surface area contributed by atoms with Gasteiger partial charge < -0.3 is 0 Å². The summed E-state index contributed by atoms with van der Waals surface area (Å²) in [5.74, 6) is 1.52. The molecule has 0 saturated heterocycles. The Morgan fingerprint density at radius 3 is 2.79 bits per heavy atom. The number of tetrazole rings is 1. The summed E-state index contributed by atoms with van der Waals surface area (Å²) in [6, 6.07) is 6.22. The van der Waals surface area contributed by atoms with Gasteiger partial charge in [-0.3, -0.25) is 0 Å². The molecule has 19 heavy (non-hydrogen) atoms. The molecule has 4 nitrogen and oxygen atoms in total. The monoisotopic (exact) mass is 320 g/mol. The van der Waals surface area contributed by atoms with Gasteiger partial charge in [0.25, 0.3) is 0 Å². The molecule has 100 valence electrons. The third kappa shape index (κ3) is 2.56. The number of nitrogens with zero attached hydrogens (tertiary/aromatic N) is 4. The highest BCUT2D eigenvalue weighted by atomic mass is 79.9. The maximum absolute atomic E-state index is 4.27. The number of halogens is 1. The second-order valence-corrected chi connectivity index (χ2v) is 6.13. The fraction of sp³-hybridized carbons (Fsp3) is 0.500. The molecule has 1 aliphatic rings. The smallest absolute Gasteiger partial charge is 0.159 e. The summed E-state index contributed by atoms with van der Waals surface area (Å²) in [6.45, 7) is 2.09. The molecule has 1 aliphatic carbocycles. The quantitative estimate of drug-likeness (QED) is 0.845. The zero-order valence-corrected chi connectivity index (χ0v) is 12.6. The van der Waals surface area contributed by atoms with E-state index in [2.05, 4.69) is 50.5 Å². The van der Waals surface area contributed by atoms with Crippen molar-refractivity contribution in [2.24, 2.45) is 0 Å². The third-order valence-electron chi connectivity index (χ3n) is 3.86. The summed E-state index contributed by atoms with van der Waals surface area (Å²) in [5.41, 5.74) is 2.26. The molecule has 0 spiro atoms. The lowest BCUT2D eigenvalue weighted by Crippen LogP contribution is -2.12. The van der Waals surface area contributed by atoms with Crippen molar-refractivity contribution < 1.29 is 0 Å². The van der Waals surface area contributed by atoms with Crippen molar-refractivity contribution in [2.45, 2.75) is 44.9 Å². The van der Waals surface area contributed by atoms with Crippen LogP contribution >= 0.6 is 15.9 Å². The van der Waals surface area contributed by atoms with Crippen LogP contribution in [-0.4, -0.2) is 20.2 Å². The number of aromatic nitrogens is 4. The summed E-state index contributed by atoms with van der Waals surface area (Å²) in [6.07, 6.45) is 6.32. The van der Waals surface area contributed by atoms with Crippen LogP contribution in [0.25, 0.3) is 5.69 Å². The molecule has 1 fully saturated rings. The number of hydrogen-bond acceptors (Lipinski definition) is 3. The molecular weight excluding hydrogens is 304 g/mol. The van der Waals surface area contributed by atoms with Crippen LogP contribution in [0.1, 0.15) is 49.4 Å². The molecule has 0 N–H and O–H groups in total. The van der Waals surface area contributed by atoms with E-state index < -0.39 is 0 Å². The van der Waals surface area contributed by atoms with Gasteiger partial charge in [0, 0.05) is 10.4 Å². The van der Waals surface area contributed by atoms with Crippen molar-refractivity contribution >= 4 is 15.9 Å². The number of benzene rings is 1. The highest BCUT2D eigenvalue weighted by molar-refractivity contribution is 9.10. The van der Waals surface area contributed by atoms with E-state index in [1.165, 1.54) is 37.7 Å². The molecule has 2 aromatic rings. The fourth-order valence-electron chi connectivity index (χ4n) is 2.79. The van der Waals surface area contributed by atoms with Crippen LogP contribution in [0.4, 0.5) is 0 Å². The molecule has 1 saturated carbocycles. The summed E-state index contributed by atoms with van der Waals surface area (Å²) in [5, 5.41) is 12.4. The van der Waals surface area contributed by atoms with Crippen LogP contribution in [0.3, 0.4) is 0 Å². The Hall–Kier alpha value is -1.23. The Morgan fingerprint density at radius 1 is 1.21 bits per heavy atom. The van der Waals surface area contributed by atoms with Crippen molar-refractivity contribution in [1.29, 1.82) is 0 Å². The molecule has 0 aliphatic heterocycles. The van der Waals surface area contributed by atoms with Gasteiger partial charge >= 0.3 is 0 Å². The predicted molar refractivity (Wildman–Crippen MR) is 77.4 cm³/mol. The van der Waals surface area contributed by atoms with E-state index in [0.717, 1.165) is 16.0 Å². The lowest BCUT2D eigenvalue weighted by Gasteiger charge is -2.20. The molecule has 0 radical (unpaired) electrons. The average Bonchev–Trinajstić information content (AvgIpc) is 2.91. The molecule has 0 bridgehead atoms. The minimum absolute atomic E-state index is 0.502. The van der Waals surface area contributed by atoms with E-state index in [0.29, 0.717) is 5.92 Å². The fourth-order valence-corrected chi connectivity index (χ4v) is 3.14. The molecule has 0 amide bonds. The normalized spacial score (nSPS) is 16.7. The maximum atomic E-state index is 4.27. The third-order valence-corrected chi connectivity index (χ3v) is 4.36. The van der Waals surface area contributed by atoms with Crippen LogP contribution in [-0.2, 0) is 0 Å². The van der Waals surface area contributed by atoms with Gasteiger partial charge in [-0.15, -0.1) is 5.10 Å². The lowest BCUT2D eigenvalue weighted by atomic mass is 9.88. The van der Waals surface area contributed by atoms with Crippen molar-refractivity contribution in [2.75, 3.05) is 0 Å². The van der Waals surface area contributed by atoms with E-state index in [1.54, 1.807) is 0 Å². The Balaban J connectivity index is 2.01. The molecule has 3 rings (SSSR count).